The summed E-state index contributed by atoms with van der Waals surface area (Å²) < 4.78 is 11.0. The van der Waals surface area contributed by atoms with Gasteiger partial charge in [-0.05, 0) is 30.3 Å². The van der Waals surface area contributed by atoms with E-state index in [0.29, 0.717) is 30.4 Å². The van der Waals surface area contributed by atoms with E-state index in [2.05, 4.69) is 15.2 Å². The van der Waals surface area contributed by atoms with Crippen LogP contribution in [0.25, 0.3) is 11.0 Å². The van der Waals surface area contributed by atoms with E-state index >= 15 is 0 Å². The lowest BCUT2D eigenvalue weighted by Gasteiger charge is -2.29. The molecule has 0 aliphatic carbocycles. The highest BCUT2D eigenvalue weighted by atomic mass is 35.5. The Balaban J connectivity index is 1.48. The van der Waals surface area contributed by atoms with Gasteiger partial charge in [0.1, 0.15) is 11.4 Å². The van der Waals surface area contributed by atoms with Gasteiger partial charge in [-0.25, -0.2) is 4.98 Å². The van der Waals surface area contributed by atoms with Crippen molar-refractivity contribution in [3.63, 3.8) is 0 Å². The van der Waals surface area contributed by atoms with Crippen LogP contribution in [0.1, 0.15) is 16.1 Å². The number of hydrogen-bond acceptors (Lipinski definition) is 5. The van der Waals surface area contributed by atoms with Gasteiger partial charge in [0.2, 0.25) is 0 Å². The molecule has 3 aromatic rings. The lowest BCUT2D eigenvalue weighted by Crippen LogP contribution is -2.37. The number of amides is 1. The van der Waals surface area contributed by atoms with E-state index in [4.69, 9.17) is 20.8 Å². The predicted octanol–water partition coefficient (Wildman–Crippen LogP) is 3.25. The van der Waals surface area contributed by atoms with Gasteiger partial charge in [0.15, 0.2) is 5.76 Å². The van der Waals surface area contributed by atoms with Crippen molar-refractivity contribution in [2.45, 2.75) is 6.54 Å². The van der Waals surface area contributed by atoms with Crippen molar-refractivity contribution >= 4 is 34.3 Å². The van der Waals surface area contributed by atoms with Crippen molar-refractivity contribution in [1.82, 2.24) is 10.3 Å². The predicted molar refractivity (Wildman–Crippen MR) is 99.7 cm³/mol. The molecule has 0 radical (unpaired) electrons. The lowest BCUT2D eigenvalue weighted by atomic mass is 10.2. The lowest BCUT2D eigenvalue weighted by molar-refractivity contribution is 0.0925. The van der Waals surface area contributed by atoms with Crippen LogP contribution < -0.4 is 10.2 Å². The van der Waals surface area contributed by atoms with Gasteiger partial charge in [-0.15, -0.1) is 0 Å². The topological polar surface area (TPSA) is 67.6 Å². The van der Waals surface area contributed by atoms with E-state index in [9.17, 15) is 4.79 Å². The number of carbonyl (C=O) groups excluding carboxylic acids is 1. The number of fused-ring (bicyclic) bond motifs is 1. The van der Waals surface area contributed by atoms with Gasteiger partial charge in [-0.2, -0.15) is 0 Å². The summed E-state index contributed by atoms with van der Waals surface area (Å²) in [4.78, 5) is 19.1. The summed E-state index contributed by atoms with van der Waals surface area (Å²) >= 11 is 5.98. The van der Waals surface area contributed by atoms with Gasteiger partial charge in [0.05, 0.1) is 13.2 Å². The van der Waals surface area contributed by atoms with Gasteiger partial charge >= 0.3 is 0 Å². The van der Waals surface area contributed by atoms with Gasteiger partial charge in [-0.1, -0.05) is 17.7 Å². The average molecular weight is 372 g/mol. The smallest absolute Gasteiger partial charge is 0.287 e. The van der Waals surface area contributed by atoms with Crippen molar-refractivity contribution < 1.29 is 13.9 Å². The number of morpholine rings is 1. The van der Waals surface area contributed by atoms with Crippen LogP contribution in [-0.2, 0) is 11.3 Å². The van der Waals surface area contributed by atoms with E-state index in [0.717, 1.165) is 29.9 Å². The summed E-state index contributed by atoms with van der Waals surface area (Å²) in [5.41, 5.74) is 1.59. The molecule has 6 nitrogen and oxygen atoms in total. The molecule has 3 heterocycles. The first-order chi connectivity index (χ1) is 12.7. The normalized spacial score (nSPS) is 14.6. The number of anilines is 1. The van der Waals surface area contributed by atoms with Crippen LogP contribution in [0.15, 0.2) is 47.0 Å². The molecule has 134 valence electrons. The third-order valence-electron chi connectivity index (χ3n) is 4.32. The Morgan fingerprint density at radius 1 is 1.23 bits per heavy atom. The summed E-state index contributed by atoms with van der Waals surface area (Å²) in [6.45, 7) is 3.33. The first-order valence-electron chi connectivity index (χ1n) is 8.44. The largest absolute Gasteiger partial charge is 0.451 e. The van der Waals surface area contributed by atoms with Gasteiger partial charge in [0, 0.05) is 41.8 Å². The van der Waals surface area contributed by atoms with E-state index in [1.165, 1.54) is 0 Å². The second-order valence-electron chi connectivity index (χ2n) is 6.06. The Hall–Kier alpha value is -2.57. The minimum Gasteiger partial charge on any atom is -0.451 e. The van der Waals surface area contributed by atoms with Gasteiger partial charge in [0.25, 0.3) is 5.91 Å². The third-order valence-corrected chi connectivity index (χ3v) is 4.55. The second kappa shape index (κ2) is 7.35. The van der Waals surface area contributed by atoms with Crippen molar-refractivity contribution in [2.24, 2.45) is 0 Å². The fourth-order valence-electron chi connectivity index (χ4n) is 3.02. The van der Waals surface area contributed by atoms with Crippen molar-refractivity contribution in [3.8, 4) is 0 Å². The van der Waals surface area contributed by atoms with Crippen LogP contribution in [0, 0.1) is 0 Å². The molecule has 0 saturated carbocycles. The second-order valence-corrected chi connectivity index (χ2v) is 6.50. The van der Waals surface area contributed by atoms with Gasteiger partial charge < -0.3 is 19.4 Å². The maximum atomic E-state index is 12.5. The molecule has 0 unspecified atom stereocenters. The molecule has 7 heteroatoms. The monoisotopic (exact) mass is 371 g/mol. The summed E-state index contributed by atoms with van der Waals surface area (Å²) in [6, 6.07) is 10.8. The number of ether oxygens (including phenoxy) is 1. The summed E-state index contributed by atoms with van der Waals surface area (Å²) in [7, 11) is 0. The van der Waals surface area contributed by atoms with E-state index in [1.54, 1.807) is 30.5 Å². The fourth-order valence-corrected chi connectivity index (χ4v) is 3.20. The first kappa shape index (κ1) is 16.9. The number of nitrogens with one attached hydrogen (secondary N) is 1. The number of carbonyl (C=O) groups is 1. The zero-order valence-corrected chi connectivity index (χ0v) is 14.8. The molecule has 1 aromatic carbocycles. The van der Waals surface area contributed by atoms with Crippen molar-refractivity contribution in [3.05, 3.63) is 58.9 Å². The minimum absolute atomic E-state index is 0.263. The zero-order chi connectivity index (χ0) is 17.9. The van der Waals surface area contributed by atoms with Crippen LogP contribution in [0.5, 0.6) is 0 Å². The van der Waals surface area contributed by atoms with E-state index in [1.807, 2.05) is 12.1 Å². The Labute approximate surface area is 155 Å². The highest BCUT2D eigenvalue weighted by Gasteiger charge is 2.17. The van der Waals surface area contributed by atoms with E-state index in [-0.39, 0.29) is 11.7 Å². The molecule has 26 heavy (non-hydrogen) atoms. The summed E-state index contributed by atoms with van der Waals surface area (Å²) in [5, 5.41) is 4.32. The number of halogens is 1. The molecule has 4 rings (SSSR count). The minimum atomic E-state index is -0.269. The number of pyridine rings is 1. The molecule has 1 amide bonds. The van der Waals surface area contributed by atoms with Crippen LogP contribution in [0.3, 0.4) is 0 Å². The van der Waals surface area contributed by atoms with Crippen molar-refractivity contribution in [2.75, 3.05) is 31.2 Å². The molecular weight excluding hydrogens is 354 g/mol. The van der Waals surface area contributed by atoms with Gasteiger partial charge in [-0.3, -0.25) is 4.79 Å². The molecule has 2 aromatic heterocycles. The number of aromatic nitrogens is 1. The highest BCUT2D eigenvalue weighted by molar-refractivity contribution is 6.31. The molecule has 0 atom stereocenters. The summed E-state index contributed by atoms with van der Waals surface area (Å²) in [6.07, 6.45) is 1.76. The Kier molecular flexibility index (Phi) is 4.77. The van der Waals surface area contributed by atoms with Crippen LogP contribution in [0.2, 0.25) is 5.02 Å². The Morgan fingerprint density at radius 2 is 2.08 bits per heavy atom. The molecule has 0 spiro atoms. The van der Waals surface area contributed by atoms with Crippen LogP contribution in [0.4, 0.5) is 5.82 Å². The number of hydrogen-bond donors (Lipinski definition) is 1. The zero-order valence-electron chi connectivity index (χ0n) is 14.1. The van der Waals surface area contributed by atoms with E-state index < -0.39 is 0 Å². The quantitative estimate of drug-likeness (QED) is 0.762. The molecule has 1 N–H and O–H groups in total. The number of nitrogens with zero attached hydrogens (tertiary/aromatic N) is 2. The number of furan rings is 1. The number of benzene rings is 1. The summed E-state index contributed by atoms with van der Waals surface area (Å²) in [5.74, 6) is 0.876. The molecule has 1 aliphatic rings. The first-order valence-corrected chi connectivity index (χ1v) is 8.82. The molecule has 1 aliphatic heterocycles. The molecule has 0 bridgehead atoms. The molecular formula is C19H18ClN3O3. The number of rotatable bonds is 4. The van der Waals surface area contributed by atoms with Crippen LogP contribution in [-0.4, -0.2) is 37.2 Å². The maximum absolute atomic E-state index is 12.5. The fraction of sp³-hybridized carbons (Fsp3) is 0.263. The standard InChI is InChI=1S/C19H18ClN3O3/c20-15-3-4-16-14(10-15)11-17(26-16)19(24)22-12-13-2-1-5-21-18(13)23-6-8-25-9-7-23/h1-5,10-11H,6-9,12H2,(H,22,24). The maximum Gasteiger partial charge on any atom is 0.287 e. The molecule has 1 saturated heterocycles. The SMILES string of the molecule is O=C(NCc1cccnc1N1CCOCC1)c1cc2cc(Cl)ccc2o1. The average Bonchev–Trinajstić information content (AvgIpc) is 3.10. The Morgan fingerprint density at radius 3 is 2.92 bits per heavy atom. The Bertz CT molecular complexity index is 935. The van der Waals surface area contributed by atoms with Crippen LogP contribution >= 0.6 is 11.6 Å². The highest BCUT2D eigenvalue weighted by Crippen LogP contribution is 2.23. The molecule has 1 fully saturated rings. The van der Waals surface area contributed by atoms with Crippen molar-refractivity contribution in [1.29, 1.82) is 0 Å². The third kappa shape index (κ3) is 3.52.